The van der Waals surface area contributed by atoms with E-state index in [4.69, 9.17) is 26.4 Å². The Morgan fingerprint density at radius 3 is 2.53 bits per heavy atom. The number of fused-ring (bicyclic) bond motifs is 1. The zero-order valence-corrected chi connectivity index (χ0v) is 18.0. The Morgan fingerprint density at radius 2 is 1.83 bits per heavy atom. The van der Waals surface area contributed by atoms with Crippen LogP contribution in [0.3, 0.4) is 0 Å². The van der Waals surface area contributed by atoms with E-state index < -0.39 is 0 Å². The van der Waals surface area contributed by atoms with E-state index >= 15 is 0 Å². The fourth-order valence-corrected chi connectivity index (χ4v) is 4.07. The predicted octanol–water partition coefficient (Wildman–Crippen LogP) is 4.04. The Balaban J connectivity index is 1.79. The number of hydrogen-bond acceptors (Lipinski definition) is 5. The molecule has 2 heterocycles. The summed E-state index contributed by atoms with van der Waals surface area (Å²) < 4.78 is 16.7. The van der Waals surface area contributed by atoms with Gasteiger partial charge in [-0.1, -0.05) is 29.8 Å². The van der Waals surface area contributed by atoms with Crippen molar-refractivity contribution in [3.05, 3.63) is 64.9 Å². The second-order valence-electron chi connectivity index (χ2n) is 7.18. The van der Waals surface area contributed by atoms with Crippen molar-refractivity contribution in [2.24, 2.45) is 0 Å². The first-order valence-electron chi connectivity index (χ1n) is 9.94. The lowest BCUT2D eigenvalue weighted by molar-refractivity contribution is -0.139. The smallest absolute Gasteiger partial charge is 0.338 e. The van der Waals surface area contributed by atoms with Gasteiger partial charge in [0.1, 0.15) is 13.2 Å². The van der Waals surface area contributed by atoms with E-state index in [-0.39, 0.29) is 12.0 Å². The minimum atomic E-state index is -0.384. The maximum Gasteiger partial charge on any atom is 0.338 e. The number of nitrogens with zero attached hydrogens (tertiary/aromatic N) is 1. The molecule has 0 radical (unpaired) electrons. The predicted molar refractivity (Wildman–Crippen MR) is 119 cm³/mol. The number of ether oxygens (including phenoxy) is 3. The van der Waals surface area contributed by atoms with Gasteiger partial charge in [0.15, 0.2) is 16.6 Å². The van der Waals surface area contributed by atoms with Gasteiger partial charge in [-0.05, 0) is 50.7 Å². The van der Waals surface area contributed by atoms with Crippen molar-refractivity contribution in [2.45, 2.75) is 26.8 Å². The molecule has 2 aliphatic rings. The summed E-state index contributed by atoms with van der Waals surface area (Å²) in [7, 11) is 0. The van der Waals surface area contributed by atoms with Gasteiger partial charge in [0, 0.05) is 11.8 Å². The highest BCUT2D eigenvalue weighted by Crippen LogP contribution is 2.38. The lowest BCUT2D eigenvalue weighted by Gasteiger charge is -2.37. The first kappa shape index (κ1) is 20.2. The number of aryl methyl sites for hydroxylation is 1. The number of carbonyl (C=O) groups is 1. The average Bonchev–Trinajstić information content (AvgIpc) is 2.74. The minimum absolute atomic E-state index is 0.296. The van der Waals surface area contributed by atoms with Crippen molar-refractivity contribution in [1.82, 2.24) is 5.32 Å². The molecule has 6 nitrogen and oxygen atoms in total. The highest BCUT2D eigenvalue weighted by Gasteiger charge is 2.35. The first-order chi connectivity index (χ1) is 14.5. The van der Waals surface area contributed by atoms with Crippen LogP contribution in [0.1, 0.15) is 31.0 Å². The second-order valence-corrected chi connectivity index (χ2v) is 7.56. The SMILES string of the molecule is CCOC(=O)C1=C(C)N(c2ccc3c(c2)OCCO3)C(=S)N[C@@H]1c1ccc(C)cc1. The first-order valence-corrected chi connectivity index (χ1v) is 10.3. The number of rotatable bonds is 4. The number of esters is 1. The quantitative estimate of drug-likeness (QED) is 0.587. The van der Waals surface area contributed by atoms with Crippen molar-refractivity contribution in [2.75, 3.05) is 24.7 Å². The Bertz CT molecular complexity index is 1020. The van der Waals surface area contributed by atoms with Crippen molar-refractivity contribution < 1.29 is 19.0 Å². The van der Waals surface area contributed by atoms with Gasteiger partial charge in [0.05, 0.1) is 23.9 Å². The van der Waals surface area contributed by atoms with E-state index in [1.165, 1.54) is 0 Å². The lowest BCUT2D eigenvalue weighted by Crippen LogP contribution is -2.48. The summed E-state index contributed by atoms with van der Waals surface area (Å²) in [5.41, 5.74) is 4.14. The van der Waals surface area contributed by atoms with Crippen LogP contribution in [0.2, 0.25) is 0 Å². The van der Waals surface area contributed by atoms with Crippen molar-refractivity contribution in [1.29, 1.82) is 0 Å². The molecule has 1 atom stereocenters. The van der Waals surface area contributed by atoms with E-state index in [0.717, 1.165) is 22.5 Å². The summed E-state index contributed by atoms with van der Waals surface area (Å²) in [5.74, 6) is 0.997. The molecular weight excluding hydrogens is 400 g/mol. The lowest BCUT2D eigenvalue weighted by atomic mass is 9.94. The summed E-state index contributed by atoms with van der Waals surface area (Å²) >= 11 is 5.70. The van der Waals surface area contributed by atoms with Crippen molar-refractivity contribution >= 4 is 29.0 Å². The Hall–Kier alpha value is -3.06. The van der Waals surface area contributed by atoms with Gasteiger partial charge in [-0.2, -0.15) is 0 Å². The van der Waals surface area contributed by atoms with Crippen LogP contribution in [0.15, 0.2) is 53.7 Å². The topological polar surface area (TPSA) is 60.0 Å². The summed E-state index contributed by atoms with van der Waals surface area (Å²) in [4.78, 5) is 14.8. The van der Waals surface area contributed by atoms with E-state index in [0.29, 0.717) is 42.0 Å². The van der Waals surface area contributed by atoms with Gasteiger partial charge >= 0.3 is 5.97 Å². The molecule has 0 bridgehead atoms. The maximum absolute atomic E-state index is 12.9. The van der Waals surface area contributed by atoms with E-state index in [2.05, 4.69) is 5.32 Å². The van der Waals surface area contributed by atoms with Crippen molar-refractivity contribution in [3.8, 4) is 11.5 Å². The highest BCUT2D eigenvalue weighted by atomic mass is 32.1. The van der Waals surface area contributed by atoms with Gasteiger partial charge in [-0.15, -0.1) is 0 Å². The van der Waals surface area contributed by atoms with Crippen LogP contribution >= 0.6 is 12.2 Å². The minimum Gasteiger partial charge on any atom is -0.486 e. The maximum atomic E-state index is 12.9. The molecule has 30 heavy (non-hydrogen) atoms. The summed E-state index contributed by atoms with van der Waals surface area (Å²) in [5, 5.41) is 3.83. The summed E-state index contributed by atoms with van der Waals surface area (Å²) in [6.07, 6.45) is 0. The van der Waals surface area contributed by atoms with Crippen LogP contribution in [0.5, 0.6) is 11.5 Å². The molecule has 1 N–H and O–H groups in total. The van der Waals surface area contributed by atoms with E-state index in [9.17, 15) is 4.79 Å². The summed E-state index contributed by atoms with van der Waals surface area (Å²) in [6.45, 7) is 7.04. The number of thiocarbonyl (C=S) groups is 1. The molecule has 0 saturated carbocycles. The third-order valence-corrected chi connectivity index (χ3v) is 5.48. The largest absolute Gasteiger partial charge is 0.486 e. The average molecular weight is 425 g/mol. The van der Waals surface area contributed by atoms with Gasteiger partial charge in [-0.3, -0.25) is 4.90 Å². The molecule has 0 spiro atoms. The van der Waals surface area contributed by atoms with Crippen LogP contribution < -0.4 is 19.7 Å². The molecule has 2 aromatic carbocycles. The van der Waals surface area contributed by atoms with E-state index in [1.54, 1.807) is 6.92 Å². The van der Waals surface area contributed by atoms with Crippen LogP contribution in [-0.4, -0.2) is 30.9 Å². The monoisotopic (exact) mass is 424 g/mol. The number of carbonyl (C=O) groups excluding carboxylic acids is 1. The third-order valence-electron chi connectivity index (χ3n) is 5.17. The standard InChI is InChI=1S/C23H24N2O4S/c1-4-27-22(26)20-15(3)25(17-9-10-18-19(13-17)29-12-11-28-18)23(30)24-21(20)16-7-5-14(2)6-8-16/h5-10,13,21H,4,11-12H2,1-3H3,(H,24,30)/t21-/m1/s1. The Kier molecular flexibility index (Phi) is 5.63. The molecule has 0 unspecified atom stereocenters. The molecule has 4 rings (SSSR count). The molecule has 0 aromatic heterocycles. The molecule has 2 aliphatic heterocycles. The molecule has 7 heteroatoms. The number of anilines is 1. The Labute approximate surface area is 181 Å². The van der Waals surface area contributed by atoms with Crippen LogP contribution in [0, 0.1) is 6.92 Å². The molecule has 156 valence electrons. The fourth-order valence-electron chi connectivity index (χ4n) is 3.71. The number of benzene rings is 2. The van der Waals surface area contributed by atoms with Crippen LogP contribution in [0.4, 0.5) is 5.69 Å². The van der Waals surface area contributed by atoms with E-state index in [1.807, 2.05) is 61.2 Å². The van der Waals surface area contributed by atoms with Gasteiger partial charge < -0.3 is 19.5 Å². The summed E-state index contributed by atoms with van der Waals surface area (Å²) in [6, 6.07) is 13.3. The molecular formula is C23H24N2O4S. The second kappa shape index (κ2) is 8.36. The number of hydrogen-bond donors (Lipinski definition) is 1. The normalized spacial score (nSPS) is 18.2. The van der Waals surface area contributed by atoms with Gasteiger partial charge in [0.25, 0.3) is 0 Å². The highest BCUT2D eigenvalue weighted by molar-refractivity contribution is 7.80. The van der Waals surface area contributed by atoms with Crippen molar-refractivity contribution in [3.63, 3.8) is 0 Å². The number of allylic oxidation sites excluding steroid dienone is 1. The Morgan fingerprint density at radius 1 is 1.13 bits per heavy atom. The zero-order valence-electron chi connectivity index (χ0n) is 17.2. The molecule has 0 saturated heterocycles. The molecule has 0 fully saturated rings. The number of nitrogens with one attached hydrogen (secondary N) is 1. The third kappa shape index (κ3) is 3.73. The zero-order chi connectivity index (χ0) is 21.3. The van der Waals surface area contributed by atoms with Crippen LogP contribution in [-0.2, 0) is 9.53 Å². The van der Waals surface area contributed by atoms with Gasteiger partial charge in [-0.25, -0.2) is 4.79 Å². The van der Waals surface area contributed by atoms with Crippen LogP contribution in [0.25, 0.3) is 0 Å². The molecule has 0 amide bonds. The fraction of sp³-hybridized carbons (Fsp3) is 0.304. The molecule has 0 aliphatic carbocycles. The van der Waals surface area contributed by atoms with Gasteiger partial charge in [0.2, 0.25) is 0 Å². The molecule has 2 aromatic rings.